The number of hydrogen-bond acceptors (Lipinski definition) is 3. The normalized spacial score (nSPS) is 13.8. The number of allylic oxidation sites excluding steroid dienone is 1. The van der Waals surface area contributed by atoms with Gasteiger partial charge < -0.3 is 9.15 Å². The molecule has 1 aromatic heterocycles. The van der Waals surface area contributed by atoms with Crippen molar-refractivity contribution in [2.24, 2.45) is 0 Å². The summed E-state index contributed by atoms with van der Waals surface area (Å²) < 4.78 is 11.1. The van der Waals surface area contributed by atoms with Crippen molar-refractivity contribution in [3.8, 4) is 5.75 Å². The summed E-state index contributed by atoms with van der Waals surface area (Å²) in [6, 6.07) is 5.79. The van der Waals surface area contributed by atoms with Gasteiger partial charge in [0.25, 0.3) is 0 Å². The van der Waals surface area contributed by atoms with Crippen LogP contribution < -0.4 is 10.4 Å². The van der Waals surface area contributed by atoms with Crippen molar-refractivity contribution in [3.63, 3.8) is 0 Å². The quantitative estimate of drug-likeness (QED) is 0.631. The Bertz CT molecular complexity index is 749. The van der Waals surface area contributed by atoms with E-state index in [0.717, 1.165) is 42.4 Å². The highest BCUT2D eigenvalue weighted by Crippen LogP contribution is 2.29. The number of ether oxygens (including phenoxy) is 1. The third-order valence-corrected chi connectivity index (χ3v) is 3.94. The maximum absolute atomic E-state index is 12.1. The molecule has 3 nitrogen and oxygen atoms in total. The van der Waals surface area contributed by atoms with E-state index in [-0.39, 0.29) is 5.63 Å². The molecule has 0 saturated carbocycles. The molecule has 0 amide bonds. The smallest absolute Gasteiger partial charge is 0.339 e. The molecule has 0 radical (unpaired) electrons. The zero-order valence-corrected chi connectivity index (χ0v) is 12.6. The van der Waals surface area contributed by atoms with Crippen molar-refractivity contribution >= 4 is 11.0 Å². The summed E-state index contributed by atoms with van der Waals surface area (Å²) >= 11 is 0. The van der Waals surface area contributed by atoms with E-state index < -0.39 is 0 Å². The minimum atomic E-state index is -0.182. The summed E-state index contributed by atoms with van der Waals surface area (Å²) in [4.78, 5) is 12.1. The molecule has 1 aliphatic rings. The minimum Gasteiger partial charge on any atom is -0.489 e. The molecule has 0 N–H and O–H groups in total. The van der Waals surface area contributed by atoms with E-state index in [0.29, 0.717) is 12.2 Å². The maximum atomic E-state index is 12.1. The summed E-state index contributed by atoms with van der Waals surface area (Å²) in [6.07, 6.45) is 6.05. The lowest BCUT2D eigenvalue weighted by molar-refractivity contribution is 0.361. The van der Waals surface area contributed by atoms with Crippen LogP contribution in [-0.4, -0.2) is 6.61 Å². The zero-order chi connectivity index (χ0) is 14.8. The van der Waals surface area contributed by atoms with Crippen LogP contribution in [0.1, 0.15) is 37.8 Å². The third kappa shape index (κ3) is 2.87. The summed E-state index contributed by atoms with van der Waals surface area (Å²) in [5.41, 5.74) is 3.71. The van der Waals surface area contributed by atoms with Crippen LogP contribution in [0.5, 0.6) is 5.75 Å². The summed E-state index contributed by atoms with van der Waals surface area (Å²) in [5, 5.41) is 1.05. The predicted molar refractivity (Wildman–Crippen MR) is 84.1 cm³/mol. The lowest BCUT2D eigenvalue weighted by Gasteiger charge is -2.16. The molecule has 0 bridgehead atoms. The second kappa shape index (κ2) is 5.76. The number of hydrogen-bond donors (Lipinski definition) is 0. The Morgan fingerprint density at radius 3 is 2.76 bits per heavy atom. The summed E-state index contributed by atoms with van der Waals surface area (Å²) in [5.74, 6) is 0.735. The number of rotatable bonds is 3. The fourth-order valence-electron chi connectivity index (χ4n) is 2.82. The van der Waals surface area contributed by atoms with E-state index in [1.54, 1.807) is 0 Å². The van der Waals surface area contributed by atoms with E-state index in [4.69, 9.17) is 9.15 Å². The second-order valence-corrected chi connectivity index (χ2v) is 5.80. The van der Waals surface area contributed by atoms with E-state index in [2.05, 4.69) is 0 Å². The van der Waals surface area contributed by atoms with E-state index >= 15 is 0 Å². The van der Waals surface area contributed by atoms with Gasteiger partial charge in [0.2, 0.25) is 0 Å². The predicted octanol–water partition coefficient (Wildman–Crippen LogP) is 4.02. The van der Waals surface area contributed by atoms with Crippen molar-refractivity contribution in [2.75, 3.05) is 6.61 Å². The first kappa shape index (κ1) is 13.9. The van der Waals surface area contributed by atoms with Crippen molar-refractivity contribution in [1.29, 1.82) is 0 Å². The molecule has 0 fully saturated rings. The zero-order valence-electron chi connectivity index (χ0n) is 12.6. The van der Waals surface area contributed by atoms with Crippen molar-refractivity contribution in [1.82, 2.24) is 0 Å². The first-order valence-corrected chi connectivity index (χ1v) is 7.50. The third-order valence-electron chi connectivity index (χ3n) is 3.94. The van der Waals surface area contributed by atoms with Gasteiger partial charge in [-0.25, -0.2) is 4.79 Å². The van der Waals surface area contributed by atoms with Crippen LogP contribution in [0, 0.1) is 0 Å². The standard InChI is InChI=1S/C18H20O3/c1-12(2)9-10-20-13-7-8-15-14-5-3-4-6-16(14)18(19)21-17(15)11-13/h7-9,11H,3-6,10H2,1-2H3. The first-order chi connectivity index (χ1) is 10.1. The molecular weight excluding hydrogens is 264 g/mol. The van der Waals surface area contributed by atoms with Gasteiger partial charge in [-0.1, -0.05) is 5.57 Å². The Labute approximate surface area is 124 Å². The molecule has 0 saturated heterocycles. The fraction of sp³-hybridized carbons (Fsp3) is 0.389. The lowest BCUT2D eigenvalue weighted by Crippen LogP contribution is -2.15. The second-order valence-electron chi connectivity index (χ2n) is 5.80. The van der Waals surface area contributed by atoms with E-state index in [9.17, 15) is 4.79 Å². The Hall–Kier alpha value is -2.03. The van der Waals surface area contributed by atoms with Crippen LogP contribution in [0.25, 0.3) is 11.0 Å². The number of benzene rings is 1. The molecule has 1 aromatic carbocycles. The van der Waals surface area contributed by atoms with Gasteiger partial charge >= 0.3 is 5.63 Å². The molecule has 2 aromatic rings. The molecule has 3 heteroatoms. The first-order valence-electron chi connectivity index (χ1n) is 7.50. The van der Waals surface area contributed by atoms with Gasteiger partial charge in [-0.2, -0.15) is 0 Å². The Morgan fingerprint density at radius 1 is 1.24 bits per heavy atom. The van der Waals surface area contributed by atoms with Gasteiger partial charge in [0.05, 0.1) is 0 Å². The highest BCUT2D eigenvalue weighted by Gasteiger charge is 2.18. The van der Waals surface area contributed by atoms with Gasteiger partial charge in [-0.05, 0) is 63.3 Å². The molecule has 0 spiro atoms. The van der Waals surface area contributed by atoms with Gasteiger partial charge in [0.15, 0.2) is 0 Å². The molecule has 3 rings (SSSR count). The summed E-state index contributed by atoms with van der Waals surface area (Å²) in [6.45, 7) is 4.60. The number of fused-ring (bicyclic) bond motifs is 3. The van der Waals surface area contributed by atoms with Crippen LogP contribution in [0.2, 0.25) is 0 Å². The molecule has 0 atom stereocenters. The minimum absolute atomic E-state index is 0.182. The lowest BCUT2D eigenvalue weighted by atomic mass is 9.91. The van der Waals surface area contributed by atoms with Crippen LogP contribution in [0.15, 0.2) is 39.1 Å². The largest absolute Gasteiger partial charge is 0.489 e. The average molecular weight is 284 g/mol. The Kier molecular flexibility index (Phi) is 3.82. The summed E-state index contributed by atoms with van der Waals surface area (Å²) in [7, 11) is 0. The maximum Gasteiger partial charge on any atom is 0.339 e. The molecule has 21 heavy (non-hydrogen) atoms. The molecule has 1 aliphatic carbocycles. The van der Waals surface area contributed by atoms with Gasteiger partial charge in [-0.3, -0.25) is 0 Å². The van der Waals surface area contributed by atoms with Crippen LogP contribution in [0.4, 0.5) is 0 Å². The molecular formula is C18H20O3. The van der Waals surface area contributed by atoms with Crippen molar-refractivity contribution in [3.05, 3.63) is 51.4 Å². The van der Waals surface area contributed by atoms with Crippen LogP contribution >= 0.6 is 0 Å². The van der Waals surface area contributed by atoms with Gasteiger partial charge in [-0.15, -0.1) is 0 Å². The monoisotopic (exact) mass is 284 g/mol. The molecule has 0 aliphatic heterocycles. The highest BCUT2D eigenvalue weighted by molar-refractivity contribution is 5.82. The van der Waals surface area contributed by atoms with Gasteiger partial charge in [0.1, 0.15) is 17.9 Å². The van der Waals surface area contributed by atoms with Crippen LogP contribution in [-0.2, 0) is 12.8 Å². The highest BCUT2D eigenvalue weighted by atomic mass is 16.5. The molecule has 0 unspecified atom stereocenters. The van der Waals surface area contributed by atoms with E-state index in [1.165, 1.54) is 11.1 Å². The SMILES string of the molecule is CC(C)=CCOc1ccc2c3c(c(=O)oc2c1)CCCC3. The Morgan fingerprint density at radius 2 is 2.00 bits per heavy atom. The molecule has 110 valence electrons. The number of aryl methyl sites for hydroxylation is 1. The van der Waals surface area contributed by atoms with E-state index in [1.807, 2.05) is 38.1 Å². The van der Waals surface area contributed by atoms with Crippen molar-refractivity contribution < 1.29 is 9.15 Å². The van der Waals surface area contributed by atoms with Crippen LogP contribution in [0.3, 0.4) is 0 Å². The average Bonchev–Trinajstić information content (AvgIpc) is 2.47. The van der Waals surface area contributed by atoms with Crippen molar-refractivity contribution in [2.45, 2.75) is 39.5 Å². The Balaban J connectivity index is 1.99. The van der Waals surface area contributed by atoms with Gasteiger partial charge in [0, 0.05) is 17.0 Å². The topological polar surface area (TPSA) is 39.4 Å². The fourth-order valence-corrected chi connectivity index (χ4v) is 2.82. The molecule has 1 heterocycles.